The summed E-state index contributed by atoms with van der Waals surface area (Å²) in [5, 5.41) is 11.1. The Morgan fingerprint density at radius 2 is 2.35 bits per heavy atom. The van der Waals surface area contributed by atoms with Gasteiger partial charge >= 0.3 is 0 Å². The monoisotopic (exact) mass is 229 g/mol. The van der Waals surface area contributed by atoms with Crippen molar-refractivity contribution < 1.29 is 0 Å². The Kier molecular flexibility index (Phi) is 3.62. The minimum atomic E-state index is 0.671. The molecule has 1 aromatic carbocycles. The minimum absolute atomic E-state index is 0.671. The van der Waals surface area contributed by atoms with Crippen LogP contribution in [0.5, 0.6) is 0 Å². The average Bonchev–Trinajstić information content (AvgIpc) is 2.90. The smallest absolute Gasteiger partial charge is 0.143 e. The summed E-state index contributed by atoms with van der Waals surface area (Å²) >= 11 is 0. The SMILES string of the molecule is CC(=CCCN)c1cccc(-n2cnnn2)c1. The second-order valence-electron chi connectivity index (χ2n) is 3.77. The standard InChI is InChI=1S/C12H15N5/c1-10(4-3-7-13)11-5-2-6-12(8-11)17-9-14-15-16-17/h2,4-6,8-9H,3,7,13H2,1H3. The first-order valence-corrected chi connectivity index (χ1v) is 5.52. The van der Waals surface area contributed by atoms with Crippen molar-refractivity contribution in [1.82, 2.24) is 20.2 Å². The molecular weight excluding hydrogens is 214 g/mol. The van der Waals surface area contributed by atoms with Gasteiger partial charge in [-0.15, -0.1) is 5.10 Å². The number of benzene rings is 1. The van der Waals surface area contributed by atoms with E-state index in [4.69, 9.17) is 5.73 Å². The average molecular weight is 229 g/mol. The van der Waals surface area contributed by atoms with E-state index < -0.39 is 0 Å². The zero-order valence-corrected chi connectivity index (χ0v) is 9.74. The van der Waals surface area contributed by atoms with E-state index in [0.717, 1.165) is 17.7 Å². The highest BCUT2D eigenvalue weighted by Gasteiger charge is 2.00. The van der Waals surface area contributed by atoms with Gasteiger partial charge in [0.05, 0.1) is 5.69 Å². The molecule has 0 aliphatic heterocycles. The van der Waals surface area contributed by atoms with Crippen molar-refractivity contribution in [3.05, 3.63) is 42.2 Å². The van der Waals surface area contributed by atoms with E-state index in [1.807, 2.05) is 12.1 Å². The molecule has 2 aromatic rings. The fourth-order valence-electron chi connectivity index (χ4n) is 1.59. The number of hydrogen-bond acceptors (Lipinski definition) is 4. The van der Waals surface area contributed by atoms with Gasteiger partial charge < -0.3 is 5.73 Å². The molecule has 0 unspecified atom stereocenters. The van der Waals surface area contributed by atoms with Crippen LogP contribution >= 0.6 is 0 Å². The molecule has 0 aliphatic carbocycles. The van der Waals surface area contributed by atoms with Crippen LogP contribution in [0.4, 0.5) is 0 Å². The summed E-state index contributed by atoms with van der Waals surface area (Å²) < 4.78 is 1.64. The molecule has 5 heteroatoms. The lowest BCUT2D eigenvalue weighted by molar-refractivity contribution is 0.789. The molecule has 1 aromatic heterocycles. The van der Waals surface area contributed by atoms with Crippen LogP contribution in [0.1, 0.15) is 18.9 Å². The number of tetrazole rings is 1. The van der Waals surface area contributed by atoms with Gasteiger partial charge in [-0.05, 0) is 53.6 Å². The zero-order chi connectivity index (χ0) is 12.1. The third kappa shape index (κ3) is 2.76. The lowest BCUT2D eigenvalue weighted by atomic mass is 10.1. The number of nitrogens with two attached hydrogens (primary N) is 1. The molecule has 0 radical (unpaired) electrons. The number of rotatable bonds is 4. The molecule has 1 heterocycles. The number of aromatic nitrogens is 4. The third-order valence-corrected chi connectivity index (χ3v) is 2.53. The number of hydrogen-bond donors (Lipinski definition) is 1. The van der Waals surface area contributed by atoms with Gasteiger partial charge in [0, 0.05) is 0 Å². The summed E-state index contributed by atoms with van der Waals surface area (Å²) in [7, 11) is 0. The molecular formula is C12H15N5. The van der Waals surface area contributed by atoms with E-state index in [1.54, 1.807) is 11.0 Å². The van der Waals surface area contributed by atoms with Crippen LogP contribution in [0.15, 0.2) is 36.7 Å². The lowest BCUT2D eigenvalue weighted by Gasteiger charge is -2.04. The molecule has 0 aliphatic rings. The van der Waals surface area contributed by atoms with E-state index in [2.05, 4.69) is 40.7 Å². The highest BCUT2D eigenvalue weighted by atomic mass is 15.5. The number of allylic oxidation sites excluding steroid dienone is 1. The summed E-state index contributed by atoms with van der Waals surface area (Å²) in [6, 6.07) is 8.08. The predicted molar refractivity (Wildman–Crippen MR) is 66.5 cm³/mol. The predicted octanol–water partition coefficient (Wildman–Crippen LogP) is 1.41. The van der Waals surface area contributed by atoms with Gasteiger partial charge in [-0.3, -0.25) is 0 Å². The first-order chi connectivity index (χ1) is 8.31. The lowest BCUT2D eigenvalue weighted by Crippen LogP contribution is -1.97. The van der Waals surface area contributed by atoms with Crippen LogP contribution in [0.2, 0.25) is 0 Å². The van der Waals surface area contributed by atoms with Crippen LogP contribution in [0.3, 0.4) is 0 Å². The number of nitrogens with zero attached hydrogens (tertiary/aromatic N) is 4. The Bertz CT molecular complexity index is 501. The van der Waals surface area contributed by atoms with Gasteiger partial charge in [0.2, 0.25) is 0 Å². The molecule has 0 spiro atoms. The Morgan fingerprint density at radius 1 is 1.47 bits per heavy atom. The molecule has 5 nitrogen and oxygen atoms in total. The fraction of sp³-hybridized carbons (Fsp3) is 0.250. The van der Waals surface area contributed by atoms with Crippen molar-refractivity contribution in [3.8, 4) is 5.69 Å². The molecule has 88 valence electrons. The normalized spacial score (nSPS) is 11.8. The van der Waals surface area contributed by atoms with Gasteiger partial charge in [-0.2, -0.15) is 0 Å². The van der Waals surface area contributed by atoms with Gasteiger partial charge in [-0.1, -0.05) is 18.2 Å². The third-order valence-electron chi connectivity index (χ3n) is 2.53. The van der Waals surface area contributed by atoms with Crippen molar-refractivity contribution in [2.75, 3.05) is 6.54 Å². The van der Waals surface area contributed by atoms with Gasteiger partial charge in [0.25, 0.3) is 0 Å². The van der Waals surface area contributed by atoms with Crippen LogP contribution in [0.25, 0.3) is 11.3 Å². The highest BCUT2D eigenvalue weighted by molar-refractivity contribution is 5.65. The Balaban J connectivity index is 2.29. The largest absolute Gasteiger partial charge is 0.330 e. The van der Waals surface area contributed by atoms with Crippen LogP contribution in [0, 0.1) is 0 Å². The highest BCUT2D eigenvalue weighted by Crippen LogP contribution is 2.17. The van der Waals surface area contributed by atoms with Gasteiger partial charge in [0.15, 0.2) is 0 Å². The second-order valence-corrected chi connectivity index (χ2v) is 3.77. The maximum Gasteiger partial charge on any atom is 0.143 e. The maximum atomic E-state index is 5.49. The summed E-state index contributed by atoms with van der Waals surface area (Å²) in [4.78, 5) is 0. The minimum Gasteiger partial charge on any atom is -0.330 e. The molecule has 0 atom stereocenters. The van der Waals surface area contributed by atoms with E-state index in [0.29, 0.717) is 6.54 Å². The molecule has 2 rings (SSSR count). The van der Waals surface area contributed by atoms with Crippen LogP contribution in [-0.4, -0.2) is 26.8 Å². The van der Waals surface area contributed by atoms with Crippen molar-refractivity contribution >= 4 is 5.57 Å². The van der Waals surface area contributed by atoms with E-state index >= 15 is 0 Å². The molecule has 17 heavy (non-hydrogen) atoms. The van der Waals surface area contributed by atoms with Crippen molar-refractivity contribution in [2.45, 2.75) is 13.3 Å². The molecule has 0 saturated heterocycles. The summed E-state index contributed by atoms with van der Waals surface area (Å²) in [5.74, 6) is 0. The van der Waals surface area contributed by atoms with Crippen LogP contribution < -0.4 is 5.73 Å². The molecule has 0 saturated carbocycles. The Labute approximate surface area is 99.9 Å². The topological polar surface area (TPSA) is 69.6 Å². The summed E-state index contributed by atoms with van der Waals surface area (Å²) in [5.41, 5.74) is 8.81. The quantitative estimate of drug-likeness (QED) is 0.860. The summed E-state index contributed by atoms with van der Waals surface area (Å²) in [6.45, 7) is 2.75. The Morgan fingerprint density at radius 3 is 3.06 bits per heavy atom. The van der Waals surface area contributed by atoms with Crippen LogP contribution in [-0.2, 0) is 0 Å². The van der Waals surface area contributed by atoms with Crippen molar-refractivity contribution in [3.63, 3.8) is 0 Å². The maximum absolute atomic E-state index is 5.49. The molecule has 0 amide bonds. The van der Waals surface area contributed by atoms with E-state index in [-0.39, 0.29) is 0 Å². The van der Waals surface area contributed by atoms with Gasteiger partial charge in [-0.25, -0.2) is 4.68 Å². The fourth-order valence-corrected chi connectivity index (χ4v) is 1.59. The van der Waals surface area contributed by atoms with E-state index in [1.165, 1.54) is 5.57 Å². The summed E-state index contributed by atoms with van der Waals surface area (Å²) in [6.07, 6.45) is 4.61. The molecule has 0 fully saturated rings. The molecule has 0 bridgehead atoms. The van der Waals surface area contributed by atoms with E-state index in [9.17, 15) is 0 Å². The van der Waals surface area contributed by atoms with Crippen molar-refractivity contribution in [1.29, 1.82) is 0 Å². The first-order valence-electron chi connectivity index (χ1n) is 5.52. The van der Waals surface area contributed by atoms with Gasteiger partial charge in [0.1, 0.15) is 6.33 Å². The Hall–Kier alpha value is -2.01. The zero-order valence-electron chi connectivity index (χ0n) is 9.74. The molecule has 2 N–H and O–H groups in total. The van der Waals surface area contributed by atoms with Crippen molar-refractivity contribution in [2.24, 2.45) is 5.73 Å². The first kappa shape index (κ1) is 11.5. The second kappa shape index (κ2) is 5.36.